The summed E-state index contributed by atoms with van der Waals surface area (Å²) in [5.74, 6) is 0. The van der Waals surface area contributed by atoms with Crippen molar-refractivity contribution in [3.63, 3.8) is 0 Å². The summed E-state index contributed by atoms with van der Waals surface area (Å²) in [5, 5.41) is 17.4. The van der Waals surface area contributed by atoms with Crippen molar-refractivity contribution in [2.24, 2.45) is 0 Å². The van der Waals surface area contributed by atoms with Crippen LogP contribution < -0.4 is 0 Å². The van der Waals surface area contributed by atoms with Crippen molar-refractivity contribution in [1.82, 2.24) is 0 Å². The Hall–Kier alpha value is -0.380. The Morgan fingerprint density at radius 2 is 2.20 bits per heavy atom. The molecule has 0 aliphatic rings. The minimum Gasteiger partial charge on any atom is -0.390 e. The quantitative estimate of drug-likeness (QED) is 0.356. The summed E-state index contributed by atoms with van der Waals surface area (Å²) < 4.78 is 0. The second kappa shape index (κ2) is 4.44. The second-order valence-corrected chi connectivity index (χ2v) is 2.35. The number of aliphatic hydroxyl groups excluding tert-OH is 1. The van der Waals surface area contributed by atoms with Crippen LogP contribution in [0, 0.1) is 0 Å². The van der Waals surface area contributed by atoms with Crippen molar-refractivity contribution >= 4 is 0 Å². The summed E-state index contributed by atoms with van der Waals surface area (Å²) in [4.78, 5) is 4.01. The average Bonchev–Trinajstić information content (AvgIpc) is 1.88. The number of rotatable bonds is 4. The van der Waals surface area contributed by atoms with Gasteiger partial charge in [-0.25, -0.2) is 4.89 Å². The molecule has 60 valence electrons. The molecule has 0 bridgehead atoms. The molecule has 3 nitrogen and oxygen atoms in total. The second-order valence-electron chi connectivity index (χ2n) is 2.35. The predicted octanol–water partition coefficient (Wildman–Crippen LogP) is 1.19. The SMILES string of the molecule is C=C(C)[C@@H](OO)[C@@H](O)CC. The maximum Gasteiger partial charge on any atom is 0.139 e. The molecular weight excluding hydrogens is 132 g/mol. The molecule has 0 saturated heterocycles. The molecule has 0 aromatic rings. The molecule has 0 amide bonds. The predicted molar refractivity (Wildman–Crippen MR) is 38.6 cm³/mol. The fourth-order valence-electron chi connectivity index (χ4n) is 0.703. The smallest absolute Gasteiger partial charge is 0.139 e. The summed E-state index contributed by atoms with van der Waals surface area (Å²) in [6.45, 7) is 7.05. The number of hydrogen-bond donors (Lipinski definition) is 2. The normalized spacial score (nSPS) is 16.4. The molecule has 10 heavy (non-hydrogen) atoms. The van der Waals surface area contributed by atoms with Crippen LogP contribution in [-0.2, 0) is 4.89 Å². The first-order valence-electron chi connectivity index (χ1n) is 3.27. The van der Waals surface area contributed by atoms with Crippen molar-refractivity contribution < 1.29 is 15.3 Å². The van der Waals surface area contributed by atoms with Crippen LogP contribution in [0.15, 0.2) is 12.2 Å². The molecule has 0 aromatic carbocycles. The number of hydrogen-bond acceptors (Lipinski definition) is 3. The topological polar surface area (TPSA) is 49.7 Å². The lowest BCUT2D eigenvalue weighted by molar-refractivity contribution is -0.285. The van der Waals surface area contributed by atoms with E-state index in [-0.39, 0.29) is 0 Å². The minimum absolute atomic E-state index is 0.540. The molecule has 0 unspecified atom stereocenters. The Morgan fingerprint density at radius 3 is 2.30 bits per heavy atom. The highest BCUT2D eigenvalue weighted by atomic mass is 17.1. The number of aliphatic hydroxyl groups is 1. The Bertz CT molecular complexity index is 111. The summed E-state index contributed by atoms with van der Waals surface area (Å²) in [6, 6.07) is 0. The summed E-state index contributed by atoms with van der Waals surface area (Å²) >= 11 is 0. The van der Waals surface area contributed by atoms with Gasteiger partial charge in [-0.05, 0) is 18.9 Å². The third-order valence-corrected chi connectivity index (χ3v) is 1.37. The Balaban J connectivity index is 3.92. The van der Waals surface area contributed by atoms with Crippen LogP contribution in [0.25, 0.3) is 0 Å². The van der Waals surface area contributed by atoms with E-state index in [1.807, 2.05) is 0 Å². The fourth-order valence-corrected chi connectivity index (χ4v) is 0.703. The van der Waals surface area contributed by atoms with Gasteiger partial charge in [0.05, 0.1) is 6.10 Å². The molecule has 0 saturated carbocycles. The van der Waals surface area contributed by atoms with Gasteiger partial charge in [0.15, 0.2) is 0 Å². The zero-order valence-electron chi connectivity index (χ0n) is 6.37. The summed E-state index contributed by atoms with van der Waals surface area (Å²) in [6.07, 6.45) is -0.773. The fraction of sp³-hybridized carbons (Fsp3) is 0.714. The third-order valence-electron chi connectivity index (χ3n) is 1.37. The third kappa shape index (κ3) is 2.47. The zero-order chi connectivity index (χ0) is 8.15. The van der Waals surface area contributed by atoms with E-state index in [0.29, 0.717) is 12.0 Å². The van der Waals surface area contributed by atoms with E-state index in [0.717, 1.165) is 0 Å². The lowest BCUT2D eigenvalue weighted by Gasteiger charge is -2.17. The van der Waals surface area contributed by atoms with Crippen molar-refractivity contribution in [2.75, 3.05) is 0 Å². The van der Waals surface area contributed by atoms with E-state index in [2.05, 4.69) is 11.5 Å². The monoisotopic (exact) mass is 146 g/mol. The molecule has 0 spiro atoms. The van der Waals surface area contributed by atoms with E-state index in [1.165, 1.54) is 0 Å². The van der Waals surface area contributed by atoms with Crippen LogP contribution in [-0.4, -0.2) is 22.6 Å². The highest BCUT2D eigenvalue weighted by molar-refractivity contribution is 5.00. The molecule has 0 radical (unpaired) electrons. The van der Waals surface area contributed by atoms with E-state index in [4.69, 9.17) is 10.4 Å². The molecule has 2 N–H and O–H groups in total. The molecule has 0 aliphatic carbocycles. The Labute approximate surface area is 60.9 Å². The summed E-state index contributed by atoms with van der Waals surface area (Å²) in [5.41, 5.74) is 0.622. The van der Waals surface area contributed by atoms with Crippen LogP contribution in [0.3, 0.4) is 0 Å². The molecular formula is C7H14O3. The maximum atomic E-state index is 9.14. The van der Waals surface area contributed by atoms with E-state index in [9.17, 15) is 0 Å². The molecule has 0 aliphatic heterocycles. The van der Waals surface area contributed by atoms with Gasteiger partial charge in [-0.3, -0.25) is 5.26 Å². The van der Waals surface area contributed by atoms with Crippen LogP contribution in [0.5, 0.6) is 0 Å². The van der Waals surface area contributed by atoms with Gasteiger partial charge in [0.25, 0.3) is 0 Å². The maximum absolute atomic E-state index is 9.14. The van der Waals surface area contributed by atoms with Crippen molar-refractivity contribution in [3.8, 4) is 0 Å². The van der Waals surface area contributed by atoms with Crippen molar-refractivity contribution in [2.45, 2.75) is 32.5 Å². The minimum atomic E-state index is -0.664. The first kappa shape index (κ1) is 9.62. The first-order valence-corrected chi connectivity index (χ1v) is 3.27. The molecule has 0 aromatic heterocycles. The van der Waals surface area contributed by atoms with Crippen LogP contribution in [0.2, 0.25) is 0 Å². The van der Waals surface area contributed by atoms with Crippen LogP contribution in [0.1, 0.15) is 20.3 Å². The lowest BCUT2D eigenvalue weighted by atomic mass is 10.1. The summed E-state index contributed by atoms with van der Waals surface area (Å²) in [7, 11) is 0. The van der Waals surface area contributed by atoms with Crippen molar-refractivity contribution in [3.05, 3.63) is 12.2 Å². The van der Waals surface area contributed by atoms with E-state index < -0.39 is 12.2 Å². The lowest BCUT2D eigenvalue weighted by Crippen LogP contribution is -2.28. The first-order chi connectivity index (χ1) is 4.63. The Kier molecular flexibility index (Phi) is 4.27. The van der Waals surface area contributed by atoms with Gasteiger partial charge in [0.1, 0.15) is 6.10 Å². The van der Waals surface area contributed by atoms with Crippen LogP contribution in [0.4, 0.5) is 0 Å². The molecule has 2 atom stereocenters. The Morgan fingerprint density at radius 1 is 1.70 bits per heavy atom. The molecule has 3 heteroatoms. The molecule has 0 fully saturated rings. The average molecular weight is 146 g/mol. The van der Waals surface area contributed by atoms with Crippen LogP contribution >= 0.6 is 0 Å². The van der Waals surface area contributed by atoms with Gasteiger partial charge in [0.2, 0.25) is 0 Å². The highest BCUT2D eigenvalue weighted by Gasteiger charge is 2.18. The van der Waals surface area contributed by atoms with Gasteiger partial charge in [-0.15, -0.1) is 0 Å². The van der Waals surface area contributed by atoms with E-state index >= 15 is 0 Å². The van der Waals surface area contributed by atoms with Crippen molar-refractivity contribution in [1.29, 1.82) is 0 Å². The highest BCUT2D eigenvalue weighted by Crippen LogP contribution is 2.09. The molecule has 0 heterocycles. The van der Waals surface area contributed by atoms with Gasteiger partial charge >= 0.3 is 0 Å². The standard InChI is InChI=1S/C7H14O3/c1-4-6(8)7(10-9)5(2)3/h6-9H,2,4H2,1,3H3/t6-,7+/m0/s1. The van der Waals surface area contributed by atoms with Gasteiger partial charge in [-0.1, -0.05) is 13.5 Å². The van der Waals surface area contributed by atoms with Gasteiger partial charge in [-0.2, -0.15) is 0 Å². The molecule has 0 rings (SSSR count). The zero-order valence-corrected chi connectivity index (χ0v) is 6.37. The largest absolute Gasteiger partial charge is 0.390 e. The van der Waals surface area contributed by atoms with E-state index in [1.54, 1.807) is 13.8 Å². The van der Waals surface area contributed by atoms with Gasteiger partial charge < -0.3 is 5.11 Å². The van der Waals surface area contributed by atoms with Gasteiger partial charge in [0, 0.05) is 0 Å².